The molecule has 0 radical (unpaired) electrons. The monoisotopic (exact) mass is 284 g/mol. The zero-order chi connectivity index (χ0) is 14.7. The lowest BCUT2D eigenvalue weighted by Gasteiger charge is -2.35. The summed E-state index contributed by atoms with van der Waals surface area (Å²) >= 11 is 0. The van der Waals surface area contributed by atoms with Gasteiger partial charge in [0.2, 0.25) is 0 Å². The van der Waals surface area contributed by atoms with E-state index in [4.69, 9.17) is 0 Å². The van der Waals surface area contributed by atoms with Crippen LogP contribution in [0.5, 0.6) is 0 Å². The molecule has 1 aliphatic rings. The van der Waals surface area contributed by atoms with Gasteiger partial charge in [0.15, 0.2) is 5.82 Å². The highest BCUT2D eigenvalue weighted by atomic mass is 15.3. The maximum absolute atomic E-state index is 4.49. The third-order valence-electron chi connectivity index (χ3n) is 4.51. The Morgan fingerprint density at radius 1 is 1.24 bits per heavy atom. The lowest BCUT2D eigenvalue weighted by molar-refractivity contribution is 0.254. The Morgan fingerprint density at radius 3 is 2.76 bits per heavy atom. The molecule has 1 N–H and O–H groups in total. The van der Waals surface area contributed by atoms with Gasteiger partial charge in [0.25, 0.3) is 0 Å². The molecule has 0 saturated heterocycles. The van der Waals surface area contributed by atoms with Crippen LogP contribution in [0.2, 0.25) is 0 Å². The summed E-state index contributed by atoms with van der Waals surface area (Å²) < 4.78 is 1.78. The molecule has 2 unspecified atom stereocenters. The molecule has 1 fully saturated rings. The molecule has 4 heteroatoms. The summed E-state index contributed by atoms with van der Waals surface area (Å²) in [5, 5.41) is 7.89. The summed E-state index contributed by atoms with van der Waals surface area (Å²) in [6.07, 6.45) is 10.9. The highest BCUT2D eigenvalue weighted by Gasteiger charge is 2.27. The first-order chi connectivity index (χ1) is 10.2. The van der Waals surface area contributed by atoms with E-state index >= 15 is 0 Å². The summed E-state index contributed by atoms with van der Waals surface area (Å²) in [5.41, 5.74) is 1.11. The van der Waals surface area contributed by atoms with E-state index in [2.05, 4.69) is 35.3 Å². The SMILES string of the molecule is CC(C)C1CCCCC1Nc1ccc(-n2cccn2)nc1. The lowest BCUT2D eigenvalue weighted by atomic mass is 9.78. The molecular weight excluding hydrogens is 260 g/mol. The highest BCUT2D eigenvalue weighted by Crippen LogP contribution is 2.32. The largest absolute Gasteiger partial charge is 0.381 e. The van der Waals surface area contributed by atoms with Crippen molar-refractivity contribution in [2.24, 2.45) is 11.8 Å². The Balaban J connectivity index is 1.69. The summed E-state index contributed by atoms with van der Waals surface area (Å²) in [6.45, 7) is 4.67. The standard InChI is InChI=1S/C17H24N4/c1-13(2)15-6-3-4-7-16(15)20-14-8-9-17(18-12-14)21-11-5-10-19-21/h5,8-13,15-16,20H,3-4,6-7H2,1-2H3. The van der Waals surface area contributed by atoms with Gasteiger partial charge in [-0.05, 0) is 42.9 Å². The van der Waals surface area contributed by atoms with E-state index in [0.717, 1.165) is 23.3 Å². The van der Waals surface area contributed by atoms with Crippen LogP contribution in [0.15, 0.2) is 36.8 Å². The predicted octanol–water partition coefficient (Wildman–Crippen LogP) is 3.89. The fourth-order valence-corrected chi connectivity index (χ4v) is 3.36. The van der Waals surface area contributed by atoms with Crippen molar-refractivity contribution >= 4 is 5.69 Å². The third-order valence-corrected chi connectivity index (χ3v) is 4.51. The molecule has 2 aromatic heterocycles. The van der Waals surface area contributed by atoms with E-state index in [-0.39, 0.29) is 0 Å². The van der Waals surface area contributed by atoms with Gasteiger partial charge >= 0.3 is 0 Å². The number of nitrogens with one attached hydrogen (secondary N) is 1. The predicted molar refractivity (Wildman–Crippen MR) is 85.6 cm³/mol. The van der Waals surface area contributed by atoms with Crippen LogP contribution in [0, 0.1) is 11.8 Å². The van der Waals surface area contributed by atoms with E-state index in [1.807, 2.05) is 24.5 Å². The molecule has 0 amide bonds. The van der Waals surface area contributed by atoms with Gasteiger partial charge in [-0.25, -0.2) is 9.67 Å². The second kappa shape index (κ2) is 6.29. The number of aromatic nitrogens is 3. The summed E-state index contributed by atoms with van der Waals surface area (Å²) in [7, 11) is 0. The van der Waals surface area contributed by atoms with Crippen LogP contribution in [0.25, 0.3) is 5.82 Å². The van der Waals surface area contributed by atoms with Crippen molar-refractivity contribution in [1.29, 1.82) is 0 Å². The van der Waals surface area contributed by atoms with Crippen molar-refractivity contribution in [3.05, 3.63) is 36.8 Å². The smallest absolute Gasteiger partial charge is 0.153 e. The molecule has 0 spiro atoms. The van der Waals surface area contributed by atoms with E-state index in [1.165, 1.54) is 25.7 Å². The molecule has 1 saturated carbocycles. The number of pyridine rings is 1. The van der Waals surface area contributed by atoms with E-state index in [0.29, 0.717) is 6.04 Å². The van der Waals surface area contributed by atoms with Gasteiger partial charge in [-0.15, -0.1) is 0 Å². The van der Waals surface area contributed by atoms with Gasteiger partial charge in [0.05, 0.1) is 11.9 Å². The van der Waals surface area contributed by atoms with Crippen LogP contribution in [-0.2, 0) is 0 Å². The molecule has 0 aromatic carbocycles. The van der Waals surface area contributed by atoms with Crippen molar-refractivity contribution in [2.75, 3.05) is 5.32 Å². The molecule has 2 aromatic rings. The second-order valence-electron chi connectivity index (χ2n) is 6.30. The Labute approximate surface area is 126 Å². The summed E-state index contributed by atoms with van der Waals surface area (Å²) in [6, 6.07) is 6.61. The zero-order valence-electron chi connectivity index (χ0n) is 12.9. The molecule has 0 bridgehead atoms. The number of rotatable bonds is 4. The molecule has 21 heavy (non-hydrogen) atoms. The van der Waals surface area contributed by atoms with Crippen molar-refractivity contribution < 1.29 is 0 Å². The Bertz CT molecular complexity index is 545. The van der Waals surface area contributed by atoms with Gasteiger partial charge < -0.3 is 5.32 Å². The number of hydrogen-bond donors (Lipinski definition) is 1. The maximum Gasteiger partial charge on any atom is 0.153 e. The van der Waals surface area contributed by atoms with Crippen LogP contribution in [0.1, 0.15) is 39.5 Å². The van der Waals surface area contributed by atoms with Gasteiger partial charge in [-0.3, -0.25) is 0 Å². The maximum atomic E-state index is 4.49. The fraction of sp³-hybridized carbons (Fsp3) is 0.529. The molecule has 4 nitrogen and oxygen atoms in total. The molecule has 3 rings (SSSR count). The Morgan fingerprint density at radius 2 is 2.10 bits per heavy atom. The minimum absolute atomic E-state index is 0.580. The quantitative estimate of drug-likeness (QED) is 0.926. The first kappa shape index (κ1) is 14.1. The van der Waals surface area contributed by atoms with Crippen molar-refractivity contribution in [1.82, 2.24) is 14.8 Å². The molecule has 2 heterocycles. The molecular formula is C17H24N4. The van der Waals surface area contributed by atoms with Crippen molar-refractivity contribution in [3.8, 4) is 5.82 Å². The first-order valence-electron chi connectivity index (χ1n) is 7.96. The van der Waals surface area contributed by atoms with E-state index in [1.54, 1.807) is 10.9 Å². The van der Waals surface area contributed by atoms with Gasteiger partial charge in [-0.1, -0.05) is 26.7 Å². The topological polar surface area (TPSA) is 42.7 Å². The zero-order valence-corrected chi connectivity index (χ0v) is 12.9. The van der Waals surface area contributed by atoms with Gasteiger partial charge in [0, 0.05) is 18.4 Å². The summed E-state index contributed by atoms with van der Waals surface area (Å²) in [4.78, 5) is 4.49. The third kappa shape index (κ3) is 3.26. The normalized spacial score (nSPS) is 22.4. The number of hydrogen-bond acceptors (Lipinski definition) is 3. The molecule has 1 aliphatic carbocycles. The van der Waals surface area contributed by atoms with Gasteiger partial charge in [0.1, 0.15) is 0 Å². The summed E-state index contributed by atoms with van der Waals surface area (Å²) in [5.74, 6) is 2.36. The molecule has 112 valence electrons. The average Bonchev–Trinajstić information content (AvgIpc) is 3.03. The Hall–Kier alpha value is -1.84. The van der Waals surface area contributed by atoms with Crippen LogP contribution in [0.4, 0.5) is 5.69 Å². The lowest BCUT2D eigenvalue weighted by Crippen LogP contribution is -2.35. The average molecular weight is 284 g/mol. The van der Waals surface area contributed by atoms with Crippen LogP contribution in [-0.4, -0.2) is 20.8 Å². The molecule has 2 atom stereocenters. The number of nitrogens with zero attached hydrogens (tertiary/aromatic N) is 3. The van der Waals surface area contributed by atoms with Crippen molar-refractivity contribution in [3.63, 3.8) is 0 Å². The first-order valence-corrected chi connectivity index (χ1v) is 7.96. The fourth-order valence-electron chi connectivity index (χ4n) is 3.36. The minimum atomic E-state index is 0.580. The van der Waals surface area contributed by atoms with Gasteiger partial charge in [-0.2, -0.15) is 5.10 Å². The minimum Gasteiger partial charge on any atom is -0.381 e. The van der Waals surface area contributed by atoms with E-state index < -0.39 is 0 Å². The molecule has 0 aliphatic heterocycles. The Kier molecular flexibility index (Phi) is 4.23. The van der Waals surface area contributed by atoms with Crippen LogP contribution >= 0.6 is 0 Å². The highest BCUT2D eigenvalue weighted by molar-refractivity contribution is 5.44. The number of anilines is 1. The van der Waals surface area contributed by atoms with Crippen molar-refractivity contribution in [2.45, 2.75) is 45.6 Å². The second-order valence-corrected chi connectivity index (χ2v) is 6.30. The van der Waals surface area contributed by atoms with Crippen LogP contribution < -0.4 is 5.32 Å². The van der Waals surface area contributed by atoms with Crippen LogP contribution in [0.3, 0.4) is 0 Å². The van der Waals surface area contributed by atoms with E-state index in [9.17, 15) is 0 Å².